The van der Waals surface area contributed by atoms with Gasteiger partial charge in [-0.1, -0.05) is 12.0 Å². The molecule has 1 heterocycles. The third-order valence-electron chi connectivity index (χ3n) is 3.65. The minimum atomic E-state index is -0.598. The van der Waals surface area contributed by atoms with Crippen LogP contribution in [0.5, 0.6) is 0 Å². The van der Waals surface area contributed by atoms with Crippen LogP contribution in [0.15, 0.2) is 5.11 Å². The van der Waals surface area contributed by atoms with Crippen molar-refractivity contribution in [2.45, 2.75) is 58.0 Å². The van der Waals surface area contributed by atoms with Crippen LogP contribution in [0.2, 0.25) is 0 Å². The molecule has 94 valence electrons. The van der Waals surface area contributed by atoms with Crippen molar-refractivity contribution >= 4 is 5.90 Å². The second-order valence-corrected chi connectivity index (χ2v) is 5.17. The first kappa shape index (κ1) is 12.2. The highest BCUT2D eigenvalue weighted by atomic mass is 16.7. The fourth-order valence-electron chi connectivity index (χ4n) is 2.27. The molecule has 1 saturated carbocycles. The highest BCUT2D eigenvalue weighted by Gasteiger charge is 2.49. The predicted molar refractivity (Wildman–Crippen MR) is 62.7 cm³/mol. The molecule has 0 aromatic rings. The Hall–Kier alpha value is -1.26. The van der Waals surface area contributed by atoms with Crippen molar-refractivity contribution in [3.63, 3.8) is 0 Å². The molecule has 17 heavy (non-hydrogen) atoms. The van der Waals surface area contributed by atoms with Crippen LogP contribution in [0.1, 0.15) is 39.5 Å². The van der Waals surface area contributed by atoms with Crippen LogP contribution in [0.3, 0.4) is 0 Å². The lowest BCUT2D eigenvalue weighted by molar-refractivity contribution is -0.181. The van der Waals surface area contributed by atoms with Crippen LogP contribution in [-0.2, 0) is 9.47 Å². The van der Waals surface area contributed by atoms with Gasteiger partial charge >= 0.3 is 0 Å². The first-order valence-electron chi connectivity index (χ1n) is 5.97. The second kappa shape index (κ2) is 4.55. The Morgan fingerprint density at radius 1 is 1.53 bits per heavy atom. The minimum Gasteiger partial charge on any atom is -0.452 e. The van der Waals surface area contributed by atoms with E-state index in [0.717, 1.165) is 12.8 Å². The summed E-state index contributed by atoms with van der Waals surface area (Å²) in [5.41, 5.74) is 8.76. The van der Waals surface area contributed by atoms with Crippen LogP contribution in [0.25, 0.3) is 10.4 Å². The zero-order chi connectivity index (χ0) is 12.5. The van der Waals surface area contributed by atoms with Crippen molar-refractivity contribution < 1.29 is 9.47 Å². The molecule has 1 aliphatic carbocycles. The average molecular weight is 238 g/mol. The second-order valence-electron chi connectivity index (χ2n) is 5.17. The van der Waals surface area contributed by atoms with Gasteiger partial charge in [-0.2, -0.15) is 0 Å². The molecule has 3 unspecified atom stereocenters. The number of hydrogen-bond acceptors (Lipinski definition) is 4. The van der Waals surface area contributed by atoms with Crippen LogP contribution in [0, 0.1) is 10.8 Å². The van der Waals surface area contributed by atoms with Gasteiger partial charge in [0.15, 0.2) is 5.90 Å². The lowest BCUT2D eigenvalue weighted by Gasteiger charge is -2.36. The lowest BCUT2D eigenvalue weighted by Crippen LogP contribution is -2.43. The third kappa shape index (κ3) is 2.70. The molecular weight excluding hydrogens is 220 g/mol. The maximum Gasteiger partial charge on any atom is 0.210 e. The van der Waals surface area contributed by atoms with Gasteiger partial charge in [0.25, 0.3) is 0 Å². The SMILES string of the molecule is CC(=N)OC1OC(C2(C)CC2)CCC1N=[N+]=[N-]. The summed E-state index contributed by atoms with van der Waals surface area (Å²) in [7, 11) is 0. The fraction of sp³-hybridized carbons (Fsp3) is 0.909. The normalized spacial score (nSPS) is 34.6. The zero-order valence-corrected chi connectivity index (χ0v) is 10.2. The Morgan fingerprint density at radius 2 is 2.24 bits per heavy atom. The van der Waals surface area contributed by atoms with Crippen LogP contribution < -0.4 is 0 Å². The quantitative estimate of drug-likeness (QED) is 0.269. The molecule has 1 aliphatic heterocycles. The van der Waals surface area contributed by atoms with Crippen molar-refractivity contribution in [1.82, 2.24) is 0 Å². The summed E-state index contributed by atoms with van der Waals surface area (Å²) in [6.45, 7) is 3.76. The summed E-state index contributed by atoms with van der Waals surface area (Å²) in [6.07, 6.45) is 3.59. The Bertz CT molecular complexity index is 360. The van der Waals surface area contributed by atoms with E-state index in [1.54, 1.807) is 6.92 Å². The number of hydrogen-bond donors (Lipinski definition) is 1. The highest BCUT2D eigenvalue weighted by molar-refractivity contribution is 5.69. The lowest BCUT2D eigenvalue weighted by atomic mass is 9.93. The van der Waals surface area contributed by atoms with Crippen molar-refractivity contribution in [3.8, 4) is 0 Å². The molecule has 0 aromatic carbocycles. The predicted octanol–water partition coefficient (Wildman–Crippen LogP) is 2.98. The Balaban J connectivity index is 2.03. The van der Waals surface area contributed by atoms with E-state index in [2.05, 4.69) is 16.9 Å². The van der Waals surface area contributed by atoms with E-state index in [1.807, 2.05) is 0 Å². The number of nitrogens with one attached hydrogen (secondary N) is 1. The molecule has 1 saturated heterocycles. The van der Waals surface area contributed by atoms with Gasteiger partial charge in [0.1, 0.15) is 0 Å². The summed E-state index contributed by atoms with van der Waals surface area (Å²) in [5.74, 6) is 0.0924. The first-order valence-corrected chi connectivity index (χ1v) is 5.97. The molecule has 0 amide bonds. The Kier molecular flexibility index (Phi) is 3.26. The summed E-state index contributed by atoms with van der Waals surface area (Å²) in [6, 6.07) is -0.320. The van der Waals surface area contributed by atoms with E-state index < -0.39 is 6.29 Å². The molecule has 3 atom stereocenters. The minimum absolute atomic E-state index is 0.0924. The maximum atomic E-state index is 8.50. The topological polar surface area (TPSA) is 91.1 Å². The van der Waals surface area contributed by atoms with E-state index in [-0.39, 0.29) is 23.5 Å². The monoisotopic (exact) mass is 238 g/mol. The molecule has 0 radical (unpaired) electrons. The fourth-order valence-corrected chi connectivity index (χ4v) is 2.27. The highest BCUT2D eigenvalue weighted by Crippen LogP contribution is 2.52. The summed E-state index contributed by atoms with van der Waals surface area (Å²) in [5, 5.41) is 11.0. The smallest absolute Gasteiger partial charge is 0.210 e. The van der Waals surface area contributed by atoms with Crippen molar-refractivity contribution in [2.24, 2.45) is 10.5 Å². The molecule has 0 bridgehead atoms. The van der Waals surface area contributed by atoms with Crippen LogP contribution in [-0.4, -0.2) is 24.3 Å². The largest absolute Gasteiger partial charge is 0.452 e. The first-order chi connectivity index (χ1) is 8.05. The summed E-state index contributed by atoms with van der Waals surface area (Å²) < 4.78 is 11.2. The molecule has 6 heteroatoms. The van der Waals surface area contributed by atoms with Gasteiger partial charge in [0.2, 0.25) is 6.29 Å². The van der Waals surface area contributed by atoms with Gasteiger partial charge in [-0.15, -0.1) is 0 Å². The molecule has 2 rings (SSSR count). The maximum absolute atomic E-state index is 8.50. The number of rotatable bonds is 3. The molecule has 6 nitrogen and oxygen atoms in total. The average Bonchev–Trinajstić information content (AvgIpc) is 3.00. The van der Waals surface area contributed by atoms with Gasteiger partial charge in [0.05, 0.1) is 12.1 Å². The number of ether oxygens (including phenoxy) is 2. The van der Waals surface area contributed by atoms with E-state index in [1.165, 1.54) is 12.8 Å². The summed E-state index contributed by atoms with van der Waals surface area (Å²) in [4.78, 5) is 2.81. The van der Waals surface area contributed by atoms with Gasteiger partial charge in [0, 0.05) is 11.8 Å². The van der Waals surface area contributed by atoms with Gasteiger partial charge in [-0.25, -0.2) is 0 Å². The van der Waals surface area contributed by atoms with E-state index in [4.69, 9.17) is 20.4 Å². The molecular formula is C11H18N4O2. The van der Waals surface area contributed by atoms with Gasteiger partial charge < -0.3 is 9.47 Å². The molecule has 0 aromatic heterocycles. The number of nitrogens with zero attached hydrogens (tertiary/aromatic N) is 3. The van der Waals surface area contributed by atoms with Crippen molar-refractivity contribution in [1.29, 1.82) is 5.41 Å². The summed E-state index contributed by atoms with van der Waals surface area (Å²) >= 11 is 0. The van der Waals surface area contributed by atoms with Gasteiger partial charge in [-0.05, 0) is 36.6 Å². The van der Waals surface area contributed by atoms with Crippen LogP contribution in [0.4, 0.5) is 0 Å². The molecule has 0 spiro atoms. The van der Waals surface area contributed by atoms with E-state index in [0.29, 0.717) is 0 Å². The van der Waals surface area contributed by atoms with Crippen molar-refractivity contribution in [2.75, 3.05) is 0 Å². The van der Waals surface area contributed by atoms with Crippen LogP contribution >= 0.6 is 0 Å². The standard InChI is InChI=1S/C11H18N4O2/c1-7(12)16-10-8(14-15-13)3-4-9(17-10)11(2)5-6-11/h8-10,12H,3-6H2,1-2H3. The van der Waals surface area contributed by atoms with E-state index in [9.17, 15) is 0 Å². The van der Waals surface area contributed by atoms with E-state index >= 15 is 0 Å². The Labute approximate surface area is 100 Å². The third-order valence-corrected chi connectivity index (χ3v) is 3.65. The van der Waals surface area contributed by atoms with Gasteiger partial charge in [-0.3, -0.25) is 5.41 Å². The Morgan fingerprint density at radius 3 is 2.76 bits per heavy atom. The zero-order valence-electron chi connectivity index (χ0n) is 10.2. The molecule has 2 aliphatic rings. The molecule has 1 N–H and O–H groups in total. The number of azide groups is 1. The molecule has 2 fully saturated rings. The van der Waals surface area contributed by atoms with Crippen molar-refractivity contribution in [3.05, 3.63) is 10.4 Å².